The van der Waals surface area contributed by atoms with E-state index in [-0.39, 0.29) is 30.3 Å². The van der Waals surface area contributed by atoms with Crippen LogP contribution in [-0.4, -0.2) is 37.6 Å². The third kappa shape index (κ3) is 3.78. The zero-order valence-electron chi connectivity index (χ0n) is 14.5. The molecule has 2 heterocycles. The molecule has 2 unspecified atom stereocenters. The largest absolute Gasteiger partial charge is 0.376 e. The number of benzene rings is 1. The minimum atomic E-state index is -0.274. The molecule has 5 nitrogen and oxygen atoms in total. The lowest BCUT2D eigenvalue weighted by molar-refractivity contribution is -0.126. The number of ether oxygens (including phenoxy) is 1. The van der Waals surface area contributed by atoms with Crippen LogP contribution in [0.4, 0.5) is 5.69 Å². The van der Waals surface area contributed by atoms with Crippen LogP contribution in [0.3, 0.4) is 0 Å². The molecule has 2 fully saturated rings. The molecule has 2 aliphatic heterocycles. The first-order valence-corrected chi connectivity index (χ1v) is 8.84. The summed E-state index contributed by atoms with van der Waals surface area (Å²) in [6, 6.07) is 8.05. The molecule has 1 N–H and O–H groups in total. The highest BCUT2D eigenvalue weighted by Crippen LogP contribution is 2.27. The molecule has 2 saturated heterocycles. The van der Waals surface area contributed by atoms with Gasteiger partial charge in [-0.05, 0) is 36.5 Å². The van der Waals surface area contributed by atoms with Crippen molar-refractivity contribution in [3.8, 4) is 0 Å². The van der Waals surface area contributed by atoms with E-state index in [9.17, 15) is 9.59 Å². The van der Waals surface area contributed by atoms with Gasteiger partial charge >= 0.3 is 0 Å². The molecule has 5 heteroatoms. The van der Waals surface area contributed by atoms with Gasteiger partial charge in [0.2, 0.25) is 11.8 Å². The molecular formula is C19H26N2O3. The van der Waals surface area contributed by atoms with Crippen molar-refractivity contribution in [1.82, 2.24) is 5.32 Å². The summed E-state index contributed by atoms with van der Waals surface area (Å²) in [6.45, 7) is 6.07. The van der Waals surface area contributed by atoms with Gasteiger partial charge in [0.15, 0.2) is 0 Å². The Morgan fingerprint density at radius 1 is 1.33 bits per heavy atom. The third-order valence-electron chi connectivity index (χ3n) is 4.90. The van der Waals surface area contributed by atoms with E-state index >= 15 is 0 Å². The highest BCUT2D eigenvalue weighted by Gasteiger charge is 2.35. The van der Waals surface area contributed by atoms with Crippen molar-refractivity contribution in [2.75, 3.05) is 24.6 Å². The highest BCUT2D eigenvalue weighted by atomic mass is 16.5. The molecule has 1 aromatic carbocycles. The van der Waals surface area contributed by atoms with E-state index in [0.29, 0.717) is 19.0 Å². The quantitative estimate of drug-likeness (QED) is 0.902. The number of rotatable bonds is 5. The smallest absolute Gasteiger partial charge is 0.227 e. The maximum Gasteiger partial charge on any atom is 0.227 e. The van der Waals surface area contributed by atoms with E-state index in [1.165, 1.54) is 5.56 Å². The summed E-state index contributed by atoms with van der Waals surface area (Å²) in [5.74, 6) is 0.165. The predicted molar refractivity (Wildman–Crippen MR) is 93.0 cm³/mol. The summed E-state index contributed by atoms with van der Waals surface area (Å²) in [5, 5.41) is 2.94. The van der Waals surface area contributed by atoms with Crippen LogP contribution in [0.15, 0.2) is 24.3 Å². The lowest BCUT2D eigenvalue weighted by atomic mass is 10.0. The van der Waals surface area contributed by atoms with Gasteiger partial charge in [0.1, 0.15) is 0 Å². The average molecular weight is 330 g/mol. The molecule has 1 aromatic rings. The van der Waals surface area contributed by atoms with Gasteiger partial charge in [-0.2, -0.15) is 0 Å². The topological polar surface area (TPSA) is 58.6 Å². The van der Waals surface area contributed by atoms with Gasteiger partial charge in [-0.3, -0.25) is 9.59 Å². The molecular weight excluding hydrogens is 304 g/mol. The van der Waals surface area contributed by atoms with E-state index < -0.39 is 0 Å². The summed E-state index contributed by atoms with van der Waals surface area (Å²) in [5.41, 5.74) is 2.12. The van der Waals surface area contributed by atoms with Crippen LogP contribution >= 0.6 is 0 Å². The Balaban J connectivity index is 1.57. The maximum atomic E-state index is 12.3. The molecule has 2 amide bonds. The van der Waals surface area contributed by atoms with Gasteiger partial charge in [-0.25, -0.2) is 0 Å². The number of carbonyl (C=O) groups excluding carboxylic acids is 2. The Morgan fingerprint density at radius 3 is 2.71 bits per heavy atom. The van der Waals surface area contributed by atoms with Crippen LogP contribution in [0, 0.1) is 5.92 Å². The van der Waals surface area contributed by atoms with E-state index in [1.54, 1.807) is 4.90 Å². The second-order valence-electron chi connectivity index (χ2n) is 7.03. The van der Waals surface area contributed by atoms with Crippen molar-refractivity contribution in [1.29, 1.82) is 0 Å². The molecule has 3 rings (SSSR count). The second kappa shape index (κ2) is 7.34. The highest BCUT2D eigenvalue weighted by molar-refractivity contribution is 6.00. The molecule has 0 radical (unpaired) electrons. The fourth-order valence-corrected chi connectivity index (χ4v) is 3.34. The Morgan fingerprint density at radius 2 is 2.08 bits per heavy atom. The summed E-state index contributed by atoms with van der Waals surface area (Å²) in [6.07, 6.45) is 2.47. The molecule has 0 bridgehead atoms. The van der Waals surface area contributed by atoms with Crippen molar-refractivity contribution in [3.05, 3.63) is 29.8 Å². The Bertz CT molecular complexity index is 591. The van der Waals surface area contributed by atoms with Crippen LogP contribution in [0.2, 0.25) is 0 Å². The summed E-state index contributed by atoms with van der Waals surface area (Å²) >= 11 is 0. The van der Waals surface area contributed by atoms with Gasteiger partial charge < -0.3 is 15.0 Å². The van der Waals surface area contributed by atoms with Gasteiger partial charge in [-0.15, -0.1) is 0 Å². The van der Waals surface area contributed by atoms with Gasteiger partial charge in [-0.1, -0.05) is 26.0 Å². The Kier molecular flexibility index (Phi) is 5.19. The van der Waals surface area contributed by atoms with E-state index in [0.717, 1.165) is 25.1 Å². The van der Waals surface area contributed by atoms with Crippen LogP contribution < -0.4 is 10.2 Å². The monoisotopic (exact) mass is 330 g/mol. The summed E-state index contributed by atoms with van der Waals surface area (Å²) in [4.78, 5) is 26.3. The lowest BCUT2D eigenvalue weighted by Gasteiger charge is -2.18. The van der Waals surface area contributed by atoms with Gasteiger partial charge in [0, 0.05) is 31.8 Å². The van der Waals surface area contributed by atoms with Crippen molar-refractivity contribution < 1.29 is 14.3 Å². The minimum Gasteiger partial charge on any atom is -0.376 e. The number of nitrogens with zero attached hydrogens (tertiary/aromatic N) is 1. The molecule has 2 aliphatic rings. The van der Waals surface area contributed by atoms with Gasteiger partial charge in [0.05, 0.1) is 12.0 Å². The Labute approximate surface area is 143 Å². The minimum absolute atomic E-state index is 0.0181. The first kappa shape index (κ1) is 17.0. The Hall–Kier alpha value is -1.88. The molecule has 24 heavy (non-hydrogen) atoms. The fourth-order valence-electron chi connectivity index (χ4n) is 3.34. The molecule has 0 aromatic heterocycles. The van der Waals surface area contributed by atoms with Gasteiger partial charge in [0.25, 0.3) is 0 Å². The van der Waals surface area contributed by atoms with E-state index in [1.807, 2.05) is 12.1 Å². The fraction of sp³-hybridized carbons (Fsp3) is 0.579. The number of hydrogen-bond donors (Lipinski definition) is 1. The van der Waals surface area contributed by atoms with Crippen LogP contribution in [0.5, 0.6) is 0 Å². The molecule has 2 atom stereocenters. The zero-order chi connectivity index (χ0) is 17.1. The van der Waals surface area contributed by atoms with Crippen LogP contribution in [-0.2, 0) is 14.3 Å². The van der Waals surface area contributed by atoms with Crippen molar-refractivity contribution in [2.45, 2.75) is 45.1 Å². The third-order valence-corrected chi connectivity index (χ3v) is 4.90. The average Bonchev–Trinajstić information content (AvgIpc) is 3.22. The molecule has 0 aliphatic carbocycles. The second-order valence-corrected chi connectivity index (χ2v) is 7.03. The number of hydrogen-bond acceptors (Lipinski definition) is 3. The maximum absolute atomic E-state index is 12.3. The molecule has 130 valence electrons. The van der Waals surface area contributed by atoms with Crippen LogP contribution in [0.1, 0.15) is 44.6 Å². The number of carbonyl (C=O) groups is 2. The van der Waals surface area contributed by atoms with Crippen molar-refractivity contribution >= 4 is 17.5 Å². The SMILES string of the molecule is CC(C)c1ccc(N2CC(C(=O)NCC3CCCO3)CC2=O)cc1. The molecule has 0 saturated carbocycles. The van der Waals surface area contributed by atoms with Crippen molar-refractivity contribution in [2.24, 2.45) is 5.92 Å². The predicted octanol–water partition coefficient (Wildman–Crippen LogP) is 2.46. The van der Waals surface area contributed by atoms with Crippen molar-refractivity contribution in [3.63, 3.8) is 0 Å². The van der Waals surface area contributed by atoms with E-state index in [2.05, 4.69) is 31.3 Å². The normalized spacial score (nSPS) is 24.0. The summed E-state index contributed by atoms with van der Waals surface area (Å²) in [7, 11) is 0. The lowest BCUT2D eigenvalue weighted by Crippen LogP contribution is -2.37. The molecule has 0 spiro atoms. The first-order valence-electron chi connectivity index (χ1n) is 8.84. The number of nitrogens with one attached hydrogen (secondary N) is 1. The standard InChI is InChI=1S/C19H26N2O3/c1-13(2)14-5-7-16(8-6-14)21-12-15(10-18(21)22)19(23)20-11-17-4-3-9-24-17/h5-8,13,15,17H,3-4,9-12H2,1-2H3,(H,20,23). The first-order chi connectivity index (χ1) is 11.5. The van der Waals surface area contributed by atoms with E-state index in [4.69, 9.17) is 4.74 Å². The number of amides is 2. The number of anilines is 1. The summed E-state index contributed by atoms with van der Waals surface area (Å²) < 4.78 is 5.52. The van der Waals surface area contributed by atoms with Crippen LogP contribution in [0.25, 0.3) is 0 Å². The zero-order valence-corrected chi connectivity index (χ0v) is 14.5.